The lowest BCUT2D eigenvalue weighted by atomic mass is 10.0. The summed E-state index contributed by atoms with van der Waals surface area (Å²) in [4.78, 5) is 0. The van der Waals surface area contributed by atoms with Crippen molar-refractivity contribution in [1.29, 1.82) is 0 Å². The Kier molecular flexibility index (Phi) is 4.46. The van der Waals surface area contributed by atoms with E-state index in [9.17, 15) is 13.2 Å². The van der Waals surface area contributed by atoms with Gasteiger partial charge in [-0.2, -0.15) is 24.9 Å². The fourth-order valence-corrected chi connectivity index (χ4v) is 3.62. The molecule has 1 aliphatic rings. The summed E-state index contributed by atoms with van der Waals surface area (Å²) in [5.74, 6) is 1.04. The monoisotopic (exact) mass is 289 g/mol. The van der Waals surface area contributed by atoms with Gasteiger partial charge in [-0.3, -0.25) is 0 Å². The summed E-state index contributed by atoms with van der Waals surface area (Å²) in [5.41, 5.74) is 0.279. The van der Waals surface area contributed by atoms with Crippen molar-refractivity contribution >= 4 is 11.8 Å². The Morgan fingerprint density at radius 2 is 2.00 bits per heavy atom. The van der Waals surface area contributed by atoms with E-state index in [1.54, 1.807) is 30.0 Å². The third-order valence-corrected chi connectivity index (χ3v) is 4.98. The Balaban J connectivity index is 2.07. The molecule has 0 bridgehead atoms. The van der Waals surface area contributed by atoms with E-state index in [-0.39, 0.29) is 10.3 Å². The number of alkyl halides is 3. The molecule has 0 amide bonds. The van der Waals surface area contributed by atoms with Gasteiger partial charge in [0.05, 0.1) is 0 Å². The molecule has 2 rings (SSSR count). The third-order valence-electron chi connectivity index (χ3n) is 3.44. The lowest BCUT2D eigenvalue weighted by Gasteiger charge is -2.28. The highest BCUT2D eigenvalue weighted by Gasteiger charge is 2.42. The standard InChI is InChI=1S/C14H18F3NS/c1-13(8-5-9-19-13)10-18-12(14(15,16)17)11-6-3-2-4-7-11/h2-4,6-7,12,18H,5,8-10H2,1H3. The van der Waals surface area contributed by atoms with Crippen molar-refractivity contribution in [1.82, 2.24) is 5.32 Å². The van der Waals surface area contributed by atoms with Gasteiger partial charge >= 0.3 is 6.18 Å². The number of halogens is 3. The van der Waals surface area contributed by atoms with E-state index in [1.807, 2.05) is 6.92 Å². The second kappa shape index (κ2) is 5.75. The summed E-state index contributed by atoms with van der Waals surface area (Å²) in [7, 11) is 0. The van der Waals surface area contributed by atoms with Crippen LogP contribution in [0.3, 0.4) is 0 Å². The van der Waals surface area contributed by atoms with E-state index in [0.29, 0.717) is 6.54 Å². The molecule has 1 N–H and O–H groups in total. The average Bonchev–Trinajstić information content (AvgIpc) is 2.76. The van der Waals surface area contributed by atoms with Gasteiger partial charge < -0.3 is 5.32 Å². The van der Waals surface area contributed by atoms with E-state index in [0.717, 1.165) is 18.6 Å². The van der Waals surface area contributed by atoms with Gasteiger partial charge in [0.15, 0.2) is 0 Å². The second-order valence-electron chi connectivity index (χ2n) is 5.17. The molecule has 5 heteroatoms. The first kappa shape index (κ1) is 14.7. The number of rotatable bonds is 4. The lowest BCUT2D eigenvalue weighted by molar-refractivity contribution is -0.157. The molecular weight excluding hydrogens is 271 g/mol. The maximum Gasteiger partial charge on any atom is 0.407 e. The Morgan fingerprint density at radius 3 is 2.53 bits per heavy atom. The van der Waals surface area contributed by atoms with Crippen LogP contribution in [0.4, 0.5) is 13.2 Å². The predicted octanol–water partition coefficient (Wildman–Crippen LogP) is 4.17. The minimum atomic E-state index is -4.26. The van der Waals surface area contributed by atoms with Crippen molar-refractivity contribution in [2.75, 3.05) is 12.3 Å². The molecule has 2 unspecified atom stereocenters. The van der Waals surface area contributed by atoms with Crippen LogP contribution in [0.2, 0.25) is 0 Å². The average molecular weight is 289 g/mol. The zero-order valence-corrected chi connectivity index (χ0v) is 11.7. The highest BCUT2D eigenvalue weighted by Crippen LogP contribution is 2.39. The molecule has 0 spiro atoms. The smallest absolute Gasteiger partial charge is 0.301 e. The molecule has 0 aliphatic carbocycles. The van der Waals surface area contributed by atoms with Crippen molar-refractivity contribution in [2.24, 2.45) is 0 Å². The first-order chi connectivity index (χ1) is 8.91. The molecule has 106 valence electrons. The van der Waals surface area contributed by atoms with E-state index in [2.05, 4.69) is 5.32 Å². The summed E-state index contributed by atoms with van der Waals surface area (Å²) < 4.78 is 39.3. The van der Waals surface area contributed by atoms with Crippen LogP contribution in [-0.2, 0) is 0 Å². The SMILES string of the molecule is CC1(CNC(c2ccccc2)C(F)(F)F)CCCS1. The molecular formula is C14H18F3NS. The molecule has 1 fully saturated rings. The van der Waals surface area contributed by atoms with Gasteiger partial charge in [0.2, 0.25) is 0 Å². The number of hydrogen-bond acceptors (Lipinski definition) is 2. The van der Waals surface area contributed by atoms with E-state index >= 15 is 0 Å². The van der Waals surface area contributed by atoms with Gasteiger partial charge in [0, 0.05) is 11.3 Å². The Hall–Kier alpha value is -0.680. The number of nitrogens with one attached hydrogen (secondary N) is 1. The molecule has 1 nitrogen and oxygen atoms in total. The summed E-state index contributed by atoms with van der Waals surface area (Å²) in [6.45, 7) is 2.42. The maximum absolute atomic E-state index is 13.1. The maximum atomic E-state index is 13.1. The van der Waals surface area contributed by atoms with Crippen LogP contribution in [0.5, 0.6) is 0 Å². The molecule has 0 aromatic heterocycles. The van der Waals surface area contributed by atoms with Gasteiger partial charge in [-0.25, -0.2) is 0 Å². The van der Waals surface area contributed by atoms with Crippen LogP contribution in [0.25, 0.3) is 0 Å². The lowest BCUT2D eigenvalue weighted by Crippen LogP contribution is -2.41. The van der Waals surface area contributed by atoms with Crippen LogP contribution < -0.4 is 5.32 Å². The van der Waals surface area contributed by atoms with Gasteiger partial charge in [0.1, 0.15) is 6.04 Å². The van der Waals surface area contributed by atoms with Crippen LogP contribution >= 0.6 is 11.8 Å². The molecule has 0 radical (unpaired) electrons. The van der Waals surface area contributed by atoms with Crippen molar-refractivity contribution in [3.05, 3.63) is 35.9 Å². The summed E-state index contributed by atoms with van der Waals surface area (Å²) in [5, 5.41) is 2.71. The third kappa shape index (κ3) is 3.89. The normalized spacial score (nSPS) is 25.5. The molecule has 19 heavy (non-hydrogen) atoms. The fraction of sp³-hybridized carbons (Fsp3) is 0.571. The largest absolute Gasteiger partial charge is 0.407 e. The van der Waals surface area contributed by atoms with E-state index in [1.165, 1.54) is 12.1 Å². The topological polar surface area (TPSA) is 12.0 Å². The molecule has 0 saturated carbocycles. The minimum Gasteiger partial charge on any atom is -0.301 e. The quantitative estimate of drug-likeness (QED) is 0.893. The Morgan fingerprint density at radius 1 is 1.32 bits per heavy atom. The highest BCUT2D eigenvalue weighted by atomic mass is 32.2. The summed E-state index contributed by atoms with van der Waals surface area (Å²) in [6, 6.07) is 6.48. The van der Waals surface area contributed by atoms with Gasteiger partial charge in [-0.05, 0) is 31.1 Å². The first-order valence-electron chi connectivity index (χ1n) is 6.40. The van der Waals surface area contributed by atoms with Crippen molar-refractivity contribution in [3.63, 3.8) is 0 Å². The van der Waals surface area contributed by atoms with Crippen LogP contribution in [-0.4, -0.2) is 23.2 Å². The second-order valence-corrected chi connectivity index (χ2v) is 6.85. The van der Waals surface area contributed by atoms with Gasteiger partial charge in [0.25, 0.3) is 0 Å². The molecule has 1 aliphatic heterocycles. The molecule has 1 aromatic rings. The summed E-state index contributed by atoms with van der Waals surface area (Å²) in [6.07, 6.45) is -2.20. The van der Waals surface area contributed by atoms with Crippen LogP contribution in [0.1, 0.15) is 31.4 Å². The van der Waals surface area contributed by atoms with Gasteiger partial charge in [-0.15, -0.1) is 0 Å². The Bertz CT molecular complexity index is 399. The number of hydrogen-bond donors (Lipinski definition) is 1. The highest BCUT2D eigenvalue weighted by molar-refractivity contribution is 8.00. The molecule has 1 aromatic carbocycles. The first-order valence-corrected chi connectivity index (χ1v) is 7.38. The number of benzene rings is 1. The van der Waals surface area contributed by atoms with Gasteiger partial charge in [-0.1, -0.05) is 30.3 Å². The van der Waals surface area contributed by atoms with Crippen molar-refractivity contribution < 1.29 is 13.2 Å². The number of thioether (sulfide) groups is 1. The van der Waals surface area contributed by atoms with E-state index < -0.39 is 12.2 Å². The molecule has 1 heterocycles. The van der Waals surface area contributed by atoms with Crippen molar-refractivity contribution in [2.45, 2.75) is 36.7 Å². The Labute approximate surface area is 116 Å². The predicted molar refractivity (Wildman–Crippen MR) is 73.3 cm³/mol. The summed E-state index contributed by atoms with van der Waals surface area (Å²) >= 11 is 1.76. The minimum absolute atomic E-state index is 0.0712. The fourth-order valence-electron chi connectivity index (χ4n) is 2.36. The van der Waals surface area contributed by atoms with Crippen molar-refractivity contribution in [3.8, 4) is 0 Å². The van der Waals surface area contributed by atoms with E-state index in [4.69, 9.17) is 0 Å². The molecule has 2 atom stereocenters. The zero-order valence-electron chi connectivity index (χ0n) is 10.8. The van der Waals surface area contributed by atoms with Crippen LogP contribution in [0, 0.1) is 0 Å². The van der Waals surface area contributed by atoms with Crippen LogP contribution in [0.15, 0.2) is 30.3 Å². The zero-order chi connectivity index (χ0) is 13.9. The molecule has 1 saturated heterocycles.